The minimum atomic E-state index is 0.165. The predicted octanol–water partition coefficient (Wildman–Crippen LogP) is 1.88. The Morgan fingerprint density at radius 3 is 2.93 bits per heavy atom. The first kappa shape index (κ1) is 11.0. The molecule has 3 heteroatoms. The van der Waals surface area contributed by atoms with E-state index in [1.54, 1.807) is 4.90 Å². The second-order valence-electron chi connectivity index (χ2n) is 3.63. The van der Waals surface area contributed by atoms with Crippen molar-refractivity contribution >= 4 is 12.2 Å². The zero-order chi connectivity index (χ0) is 10.4. The van der Waals surface area contributed by atoms with Crippen LogP contribution < -0.4 is 0 Å². The van der Waals surface area contributed by atoms with Crippen molar-refractivity contribution in [3.05, 3.63) is 12.3 Å². The van der Waals surface area contributed by atoms with Crippen LogP contribution in [0, 0.1) is 0 Å². The minimum Gasteiger partial charge on any atom is -0.317 e. The van der Waals surface area contributed by atoms with Crippen molar-refractivity contribution in [3.63, 3.8) is 0 Å². The van der Waals surface area contributed by atoms with Gasteiger partial charge in [0.25, 0.3) is 0 Å². The molecule has 1 saturated heterocycles. The highest BCUT2D eigenvalue weighted by Gasteiger charge is 2.18. The van der Waals surface area contributed by atoms with Gasteiger partial charge in [0.05, 0.1) is 0 Å². The molecular formula is C11H17NO2. The molecule has 0 aliphatic carbocycles. The van der Waals surface area contributed by atoms with Crippen LogP contribution in [-0.4, -0.2) is 23.6 Å². The maximum Gasteiger partial charge on any atom is 0.226 e. The van der Waals surface area contributed by atoms with Gasteiger partial charge in [0.2, 0.25) is 5.91 Å². The number of nitrogens with zero attached hydrogens (tertiary/aromatic N) is 1. The molecule has 14 heavy (non-hydrogen) atoms. The molecule has 0 spiro atoms. The Bertz CT molecular complexity index is 235. The zero-order valence-electron chi connectivity index (χ0n) is 8.50. The van der Waals surface area contributed by atoms with E-state index in [2.05, 4.69) is 6.58 Å². The van der Waals surface area contributed by atoms with Gasteiger partial charge in [-0.05, 0) is 19.3 Å². The van der Waals surface area contributed by atoms with Crippen LogP contribution in [0.4, 0.5) is 0 Å². The number of aldehydes is 1. The minimum absolute atomic E-state index is 0.165. The number of carbonyl (C=O) groups excluding carboxylic acids is 2. The SMILES string of the molecule is C=C(CCC=O)N1CCCCCC1=O. The molecule has 0 radical (unpaired) electrons. The maximum absolute atomic E-state index is 11.6. The molecule has 1 rings (SSSR count). The Kier molecular flexibility index (Phi) is 4.36. The topological polar surface area (TPSA) is 37.4 Å². The summed E-state index contributed by atoms with van der Waals surface area (Å²) in [5.41, 5.74) is 0.795. The molecule has 0 unspecified atom stereocenters. The molecule has 1 heterocycles. The van der Waals surface area contributed by atoms with Gasteiger partial charge < -0.3 is 9.69 Å². The largest absolute Gasteiger partial charge is 0.317 e. The molecule has 0 aromatic heterocycles. The van der Waals surface area contributed by atoms with E-state index in [0.29, 0.717) is 19.3 Å². The van der Waals surface area contributed by atoms with Gasteiger partial charge in [-0.1, -0.05) is 13.0 Å². The summed E-state index contributed by atoms with van der Waals surface area (Å²) in [6.07, 6.45) is 5.71. The molecule has 0 saturated carbocycles. The Labute approximate surface area is 84.8 Å². The zero-order valence-corrected chi connectivity index (χ0v) is 8.50. The molecule has 1 amide bonds. The van der Waals surface area contributed by atoms with Crippen molar-refractivity contribution in [1.82, 2.24) is 4.90 Å². The van der Waals surface area contributed by atoms with E-state index in [9.17, 15) is 9.59 Å². The smallest absolute Gasteiger partial charge is 0.226 e. The van der Waals surface area contributed by atoms with Crippen molar-refractivity contribution in [2.24, 2.45) is 0 Å². The van der Waals surface area contributed by atoms with Gasteiger partial charge >= 0.3 is 0 Å². The van der Waals surface area contributed by atoms with Gasteiger partial charge in [0.1, 0.15) is 6.29 Å². The lowest BCUT2D eigenvalue weighted by molar-refractivity contribution is -0.129. The first-order chi connectivity index (χ1) is 6.75. The highest BCUT2D eigenvalue weighted by Crippen LogP contribution is 2.17. The lowest BCUT2D eigenvalue weighted by Gasteiger charge is -2.22. The maximum atomic E-state index is 11.6. The summed E-state index contributed by atoms with van der Waals surface area (Å²) in [5, 5.41) is 0. The Morgan fingerprint density at radius 2 is 2.21 bits per heavy atom. The fourth-order valence-electron chi connectivity index (χ4n) is 1.68. The van der Waals surface area contributed by atoms with Crippen LogP contribution >= 0.6 is 0 Å². The van der Waals surface area contributed by atoms with Crippen LogP contribution in [0.5, 0.6) is 0 Å². The summed E-state index contributed by atoms with van der Waals surface area (Å²) in [4.78, 5) is 23.5. The van der Waals surface area contributed by atoms with E-state index in [1.807, 2.05) is 0 Å². The molecule has 78 valence electrons. The van der Waals surface area contributed by atoms with Crippen molar-refractivity contribution in [1.29, 1.82) is 0 Å². The molecular weight excluding hydrogens is 178 g/mol. The third-order valence-electron chi connectivity index (χ3n) is 2.51. The molecule has 0 aromatic carbocycles. The summed E-state index contributed by atoms with van der Waals surface area (Å²) in [6.45, 7) is 4.63. The average Bonchev–Trinajstić information content (AvgIpc) is 2.39. The number of amides is 1. The normalized spacial score (nSPS) is 17.7. The summed E-state index contributed by atoms with van der Waals surface area (Å²) >= 11 is 0. The molecule has 0 N–H and O–H groups in total. The van der Waals surface area contributed by atoms with Crippen LogP contribution in [-0.2, 0) is 9.59 Å². The van der Waals surface area contributed by atoms with Crippen LogP contribution in [0.1, 0.15) is 38.5 Å². The molecule has 1 aliphatic rings. The van der Waals surface area contributed by atoms with Gasteiger partial charge in [-0.15, -0.1) is 0 Å². The molecule has 1 aliphatic heterocycles. The van der Waals surface area contributed by atoms with Crippen molar-refractivity contribution in [2.75, 3.05) is 6.54 Å². The third-order valence-corrected chi connectivity index (χ3v) is 2.51. The predicted molar refractivity (Wildman–Crippen MR) is 54.6 cm³/mol. The van der Waals surface area contributed by atoms with Crippen LogP contribution in [0.15, 0.2) is 12.3 Å². The monoisotopic (exact) mass is 195 g/mol. The van der Waals surface area contributed by atoms with Crippen LogP contribution in [0.3, 0.4) is 0 Å². The Hall–Kier alpha value is -1.12. The highest BCUT2D eigenvalue weighted by molar-refractivity contribution is 5.78. The molecule has 0 aromatic rings. The Balaban J connectivity index is 2.50. The number of hydrogen-bond donors (Lipinski definition) is 0. The van der Waals surface area contributed by atoms with E-state index < -0.39 is 0 Å². The van der Waals surface area contributed by atoms with Gasteiger partial charge in [0, 0.05) is 25.1 Å². The van der Waals surface area contributed by atoms with Gasteiger partial charge in [-0.2, -0.15) is 0 Å². The first-order valence-electron chi connectivity index (χ1n) is 5.17. The molecule has 0 bridgehead atoms. The number of hydrogen-bond acceptors (Lipinski definition) is 2. The average molecular weight is 195 g/mol. The van der Waals surface area contributed by atoms with Crippen molar-refractivity contribution in [3.8, 4) is 0 Å². The number of likely N-dealkylation sites (tertiary alicyclic amines) is 1. The van der Waals surface area contributed by atoms with E-state index >= 15 is 0 Å². The van der Waals surface area contributed by atoms with Gasteiger partial charge in [-0.3, -0.25) is 4.79 Å². The van der Waals surface area contributed by atoms with E-state index in [-0.39, 0.29) is 5.91 Å². The fourth-order valence-corrected chi connectivity index (χ4v) is 1.68. The summed E-state index contributed by atoms with van der Waals surface area (Å²) in [7, 11) is 0. The quantitative estimate of drug-likeness (QED) is 0.642. The lowest BCUT2D eigenvalue weighted by Crippen LogP contribution is -2.29. The van der Waals surface area contributed by atoms with Gasteiger partial charge in [-0.25, -0.2) is 0 Å². The van der Waals surface area contributed by atoms with E-state index in [1.165, 1.54) is 0 Å². The first-order valence-corrected chi connectivity index (χ1v) is 5.17. The van der Waals surface area contributed by atoms with E-state index in [4.69, 9.17) is 0 Å². The summed E-state index contributed by atoms with van der Waals surface area (Å²) in [6, 6.07) is 0. The fraction of sp³-hybridized carbons (Fsp3) is 0.636. The highest BCUT2D eigenvalue weighted by atomic mass is 16.2. The summed E-state index contributed by atoms with van der Waals surface area (Å²) < 4.78 is 0. The molecule has 0 atom stereocenters. The lowest BCUT2D eigenvalue weighted by atomic mass is 10.2. The van der Waals surface area contributed by atoms with Crippen LogP contribution in [0.2, 0.25) is 0 Å². The third kappa shape index (κ3) is 2.98. The standard InChI is InChI=1S/C11H17NO2/c1-10(6-5-9-13)12-8-4-2-3-7-11(12)14/h9H,1-8H2. The second kappa shape index (κ2) is 5.58. The van der Waals surface area contributed by atoms with Gasteiger partial charge in [0.15, 0.2) is 0 Å². The van der Waals surface area contributed by atoms with Crippen LogP contribution in [0.25, 0.3) is 0 Å². The Morgan fingerprint density at radius 1 is 1.43 bits per heavy atom. The molecule has 1 fully saturated rings. The van der Waals surface area contributed by atoms with Crippen molar-refractivity contribution < 1.29 is 9.59 Å². The van der Waals surface area contributed by atoms with E-state index in [0.717, 1.165) is 37.8 Å². The second-order valence-corrected chi connectivity index (χ2v) is 3.63. The molecule has 3 nitrogen and oxygen atoms in total. The number of carbonyl (C=O) groups is 2. The number of allylic oxidation sites excluding steroid dienone is 1. The summed E-state index contributed by atoms with van der Waals surface area (Å²) in [5.74, 6) is 0.165. The number of rotatable bonds is 4. The van der Waals surface area contributed by atoms with Crippen molar-refractivity contribution in [2.45, 2.75) is 38.5 Å².